The van der Waals surface area contributed by atoms with Gasteiger partial charge in [0.1, 0.15) is 5.75 Å². The number of amides is 1. The van der Waals surface area contributed by atoms with Crippen molar-refractivity contribution in [3.63, 3.8) is 0 Å². The van der Waals surface area contributed by atoms with E-state index in [4.69, 9.17) is 4.74 Å². The minimum atomic E-state index is 0.138. The predicted octanol–water partition coefficient (Wildman–Crippen LogP) is 1.11. The van der Waals surface area contributed by atoms with E-state index in [-0.39, 0.29) is 5.91 Å². The summed E-state index contributed by atoms with van der Waals surface area (Å²) in [5.41, 5.74) is 1.16. The minimum Gasteiger partial charge on any atom is -0.497 e. The van der Waals surface area contributed by atoms with Gasteiger partial charge in [-0.25, -0.2) is 0 Å². The summed E-state index contributed by atoms with van der Waals surface area (Å²) in [7, 11) is 1.65. The summed E-state index contributed by atoms with van der Waals surface area (Å²) < 4.78 is 5.10. The van der Waals surface area contributed by atoms with Gasteiger partial charge in [-0.15, -0.1) is 0 Å². The third-order valence-electron chi connectivity index (χ3n) is 3.23. The molecule has 0 spiro atoms. The van der Waals surface area contributed by atoms with Crippen LogP contribution in [-0.4, -0.2) is 32.1 Å². The van der Waals surface area contributed by atoms with Gasteiger partial charge in [0.05, 0.1) is 7.11 Å². The average molecular weight is 248 g/mol. The molecule has 1 saturated heterocycles. The number of ether oxygens (including phenoxy) is 1. The van der Waals surface area contributed by atoms with Crippen molar-refractivity contribution in [1.29, 1.82) is 0 Å². The largest absolute Gasteiger partial charge is 0.497 e. The van der Waals surface area contributed by atoms with Gasteiger partial charge in [-0.3, -0.25) is 4.79 Å². The number of carbonyl (C=O) groups excluding carboxylic acids is 1. The van der Waals surface area contributed by atoms with E-state index in [2.05, 4.69) is 10.6 Å². The molecule has 1 unspecified atom stereocenters. The molecule has 4 heteroatoms. The molecule has 1 aromatic rings. The van der Waals surface area contributed by atoms with E-state index in [1.54, 1.807) is 7.11 Å². The molecule has 1 amide bonds. The van der Waals surface area contributed by atoms with Crippen LogP contribution in [0.25, 0.3) is 0 Å². The Labute approximate surface area is 108 Å². The zero-order valence-electron chi connectivity index (χ0n) is 10.7. The maximum atomic E-state index is 11.7. The van der Waals surface area contributed by atoms with Gasteiger partial charge in [-0.05, 0) is 37.1 Å². The standard InChI is InChI=1S/C14H20N2O2/c1-18-13-5-2-11(3-6-13)4-7-14(17)16-12-8-9-15-10-12/h2-3,5-6,12,15H,4,7-10H2,1H3,(H,16,17). The molecule has 18 heavy (non-hydrogen) atoms. The highest BCUT2D eigenvalue weighted by Gasteiger charge is 2.16. The molecule has 0 saturated carbocycles. The molecule has 1 aromatic carbocycles. The quantitative estimate of drug-likeness (QED) is 0.820. The molecule has 2 rings (SSSR count). The van der Waals surface area contributed by atoms with Crippen molar-refractivity contribution in [2.24, 2.45) is 0 Å². The molecule has 1 aliphatic heterocycles. The summed E-state index contributed by atoms with van der Waals surface area (Å²) >= 11 is 0. The van der Waals surface area contributed by atoms with Crippen molar-refractivity contribution in [2.45, 2.75) is 25.3 Å². The van der Waals surface area contributed by atoms with Crippen LogP contribution in [0.1, 0.15) is 18.4 Å². The van der Waals surface area contributed by atoms with Crippen LogP contribution >= 0.6 is 0 Å². The first-order valence-corrected chi connectivity index (χ1v) is 6.41. The van der Waals surface area contributed by atoms with Crippen LogP contribution in [0.2, 0.25) is 0 Å². The number of hydrogen-bond acceptors (Lipinski definition) is 3. The molecule has 0 bridgehead atoms. The zero-order chi connectivity index (χ0) is 12.8. The van der Waals surface area contributed by atoms with E-state index in [1.807, 2.05) is 24.3 Å². The summed E-state index contributed by atoms with van der Waals surface area (Å²) in [6.45, 7) is 1.90. The highest BCUT2D eigenvalue weighted by Crippen LogP contribution is 2.12. The second-order valence-electron chi connectivity index (χ2n) is 4.61. The molecule has 98 valence electrons. The lowest BCUT2D eigenvalue weighted by atomic mass is 10.1. The van der Waals surface area contributed by atoms with Crippen LogP contribution in [0.3, 0.4) is 0 Å². The van der Waals surface area contributed by atoms with Crippen molar-refractivity contribution in [1.82, 2.24) is 10.6 Å². The van der Waals surface area contributed by atoms with Crippen molar-refractivity contribution < 1.29 is 9.53 Å². The van der Waals surface area contributed by atoms with Gasteiger partial charge >= 0.3 is 0 Å². The molecule has 0 aliphatic carbocycles. The summed E-state index contributed by atoms with van der Waals surface area (Å²) in [6.07, 6.45) is 2.35. The number of hydrogen-bond donors (Lipinski definition) is 2. The van der Waals surface area contributed by atoms with E-state index in [0.717, 1.165) is 37.2 Å². The molecule has 0 aromatic heterocycles. The smallest absolute Gasteiger partial charge is 0.220 e. The predicted molar refractivity (Wildman–Crippen MR) is 70.7 cm³/mol. The Bertz CT molecular complexity index is 383. The maximum Gasteiger partial charge on any atom is 0.220 e. The van der Waals surface area contributed by atoms with Gasteiger partial charge in [0, 0.05) is 19.0 Å². The Kier molecular flexibility index (Phi) is 4.59. The Hall–Kier alpha value is -1.55. The first kappa shape index (κ1) is 12.9. The van der Waals surface area contributed by atoms with Crippen LogP contribution in [0, 0.1) is 0 Å². The van der Waals surface area contributed by atoms with Crippen molar-refractivity contribution in [3.05, 3.63) is 29.8 Å². The molecule has 1 fully saturated rings. The molecule has 1 atom stereocenters. The first-order valence-electron chi connectivity index (χ1n) is 6.41. The highest BCUT2D eigenvalue weighted by molar-refractivity contribution is 5.76. The van der Waals surface area contributed by atoms with Crippen LogP contribution in [0.5, 0.6) is 5.75 Å². The van der Waals surface area contributed by atoms with E-state index in [0.29, 0.717) is 12.5 Å². The number of methoxy groups -OCH3 is 1. The monoisotopic (exact) mass is 248 g/mol. The van der Waals surface area contributed by atoms with E-state index in [1.165, 1.54) is 0 Å². The normalized spacial score (nSPS) is 18.6. The summed E-state index contributed by atoms with van der Waals surface area (Å²) in [4.78, 5) is 11.7. The zero-order valence-corrected chi connectivity index (χ0v) is 10.7. The van der Waals surface area contributed by atoms with Crippen LogP contribution < -0.4 is 15.4 Å². The molecule has 1 aliphatic rings. The van der Waals surface area contributed by atoms with E-state index >= 15 is 0 Å². The van der Waals surface area contributed by atoms with Crippen molar-refractivity contribution in [2.75, 3.05) is 20.2 Å². The summed E-state index contributed by atoms with van der Waals surface area (Å²) in [6, 6.07) is 8.17. The first-order chi connectivity index (χ1) is 8.78. The fourth-order valence-electron chi connectivity index (χ4n) is 2.13. The van der Waals surface area contributed by atoms with Crippen molar-refractivity contribution >= 4 is 5.91 Å². The highest BCUT2D eigenvalue weighted by atomic mass is 16.5. The third-order valence-corrected chi connectivity index (χ3v) is 3.23. The molecule has 4 nitrogen and oxygen atoms in total. The second-order valence-corrected chi connectivity index (χ2v) is 4.61. The number of rotatable bonds is 5. The number of aryl methyl sites for hydroxylation is 1. The van der Waals surface area contributed by atoms with E-state index in [9.17, 15) is 4.79 Å². The van der Waals surface area contributed by atoms with Gasteiger partial charge in [-0.2, -0.15) is 0 Å². The van der Waals surface area contributed by atoms with Gasteiger partial charge in [-0.1, -0.05) is 12.1 Å². The SMILES string of the molecule is COc1ccc(CCC(=O)NC2CCNC2)cc1. The lowest BCUT2D eigenvalue weighted by Gasteiger charge is -2.11. The Balaban J connectivity index is 1.74. The third kappa shape index (κ3) is 3.74. The summed E-state index contributed by atoms with van der Waals surface area (Å²) in [5.74, 6) is 0.986. The van der Waals surface area contributed by atoms with Gasteiger partial charge in [0.25, 0.3) is 0 Å². The Morgan fingerprint density at radius 1 is 1.44 bits per heavy atom. The molecular weight excluding hydrogens is 228 g/mol. The molecular formula is C14H20N2O2. The maximum absolute atomic E-state index is 11.7. The number of nitrogens with one attached hydrogen (secondary N) is 2. The number of carbonyl (C=O) groups is 1. The Morgan fingerprint density at radius 3 is 2.83 bits per heavy atom. The van der Waals surface area contributed by atoms with Gasteiger partial charge < -0.3 is 15.4 Å². The van der Waals surface area contributed by atoms with Crippen LogP contribution in [-0.2, 0) is 11.2 Å². The summed E-state index contributed by atoms with van der Waals surface area (Å²) in [5, 5.41) is 6.28. The van der Waals surface area contributed by atoms with Crippen LogP contribution in [0.4, 0.5) is 0 Å². The lowest BCUT2D eigenvalue weighted by molar-refractivity contribution is -0.121. The van der Waals surface area contributed by atoms with E-state index < -0.39 is 0 Å². The molecule has 2 N–H and O–H groups in total. The molecule has 0 radical (unpaired) electrons. The van der Waals surface area contributed by atoms with Crippen molar-refractivity contribution in [3.8, 4) is 5.75 Å². The topological polar surface area (TPSA) is 50.4 Å². The molecule has 1 heterocycles. The fraction of sp³-hybridized carbons (Fsp3) is 0.500. The van der Waals surface area contributed by atoms with Gasteiger partial charge in [0.2, 0.25) is 5.91 Å². The van der Waals surface area contributed by atoms with Crippen LogP contribution in [0.15, 0.2) is 24.3 Å². The lowest BCUT2D eigenvalue weighted by Crippen LogP contribution is -2.36. The second kappa shape index (κ2) is 6.40. The Morgan fingerprint density at radius 2 is 2.22 bits per heavy atom. The number of benzene rings is 1. The van der Waals surface area contributed by atoms with Gasteiger partial charge in [0.15, 0.2) is 0 Å². The fourth-order valence-corrected chi connectivity index (χ4v) is 2.13. The average Bonchev–Trinajstić information content (AvgIpc) is 2.90. The minimum absolute atomic E-state index is 0.138.